The lowest BCUT2D eigenvalue weighted by Crippen LogP contribution is -2.51. The molecule has 1 saturated heterocycles. The van der Waals surface area contributed by atoms with Gasteiger partial charge in [-0.3, -0.25) is 24.2 Å². The van der Waals surface area contributed by atoms with Gasteiger partial charge in [0.2, 0.25) is 11.8 Å². The third kappa shape index (κ3) is 6.46. The molecule has 0 radical (unpaired) electrons. The number of nitrogens with two attached hydrogens (primary N) is 1. The molecule has 9 nitrogen and oxygen atoms in total. The second kappa shape index (κ2) is 13.0. The van der Waals surface area contributed by atoms with Gasteiger partial charge in [0.1, 0.15) is 17.8 Å². The van der Waals surface area contributed by atoms with Gasteiger partial charge in [0.25, 0.3) is 5.91 Å². The lowest BCUT2D eigenvalue weighted by atomic mass is 9.80. The fraction of sp³-hybridized carbons (Fsp3) is 0.484. The molecule has 216 valence electrons. The molecule has 9 heteroatoms. The van der Waals surface area contributed by atoms with E-state index in [1.165, 1.54) is 6.92 Å². The van der Waals surface area contributed by atoms with Gasteiger partial charge in [0, 0.05) is 18.3 Å². The van der Waals surface area contributed by atoms with Gasteiger partial charge >= 0.3 is 6.03 Å². The van der Waals surface area contributed by atoms with Crippen LogP contribution in [0.2, 0.25) is 0 Å². The van der Waals surface area contributed by atoms with Gasteiger partial charge in [-0.25, -0.2) is 4.79 Å². The Labute approximate surface area is 237 Å². The summed E-state index contributed by atoms with van der Waals surface area (Å²) >= 11 is 0. The highest BCUT2D eigenvalue weighted by Gasteiger charge is 2.58. The smallest absolute Gasteiger partial charge is 0.332 e. The minimum absolute atomic E-state index is 0.213. The number of carbonyl (C=O) groups is 4. The van der Waals surface area contributed by atoms with Crippen LogP contribution < -0.4 is 20.7 Å². The number of primary amides is 1. The Morgan fingerprint density at radius 3 is 1.95 bits per heavy atom. The predicted octanol–water partition coefficient (Wildman–Crippen LogP) is 5.54. The molecule has 1 heterocycles. The molecule has 2 fully saturated rings. The summed E-state index contributed by atoms with van der Waals surface area (Å²) in [7, 11) is 1.59. The number of amides is 5. The quantitative estimate of drug-likeness (QED) is 0.438. The lowest BCUT2D eigenvalue weighted by molar-refractivity contribution is -0.134. The average Bonchev–Trinajstić information content (AvgIpc) is 3.09. The number of nitrogens with one attached hydrogen (secondary N) is 1. The summed E-state index contributed by atoms with van der Waals surface area (Å²) < 4.78 is 5.27. The molecule has 4 rings (SSSR count). The number of nitrogens with zero attached hydrogens (tertiary/aromatic N) is 2. The van der Waals surface area contributed by atoms with Crippen molar-refractivity contribution >= 4 is 35.1 Å². The third-order valence-corrected chi connectivity index (χ3v) is 7.44. The molecule has 2 aromatic rings. The minimum atomic E-state index is -0.941. The largest absolute Gasteiger partial charge is 0.497 e. The Bertz CT molecular complexity index is 1200. The molecule has 3 N–H and O–H groups in total. The average molecular weight is 551 g/mol. The summed E-state index contributed by atoms with van der Waals surface area (Å²) in [6.45, 7) is 9.34. The number of rotatable bonds is 7. The molecule has 1 saturated carbocycles. The van der Waals surface area contributed by atoms with E-state index in [0.717, 1.165) is 41.0 Å². The summed E-state index contributed by atoms with van der Waals surface area (Å²) in [5.74, 6) is 0.124. The SMILES string of the molecule is CC(N)=O.COc1ccc(N2C(=O)N(CC(=O)Nc3c(C(C)C)cccc3C(C)C)C(=O)C23CCCCC3)cc1. The van der Waals surface area contributed by atoms with Gasteiger partial charge in [0.15, 0.2) is 0 Å². The molecule has 0 atom stereocenters. The van der Waals surface area contributed by atoms with Gasteiger partial charge in [-0.1, -0.05) is 65.2 Å². The van der Waals surface area contributed by atoms with Gasteiger partial charge in [-0.15, -0.1) is 0 Å². The number of para-hydroxylation sites is 1. The van der Waals surface area contributed by atoms with Gasteiger partial charge < -0.3 is 15.8 Å². The second-order valence-electron chi connectivity index (χ2n) is 11.1. The van der Waals surface area contributed by atoms with Gasteiger partial charge in [0.05, 0.1) is 7.11 Å². The maximum atomic E-state index is 13.8. The van der Waals surface area contributed by atoms with Crippen LogP contribution in [-0.4, -0.2) is 47.8 Å². The Kier molecular flexibility index (Phi) is 9.95. The zero-order valence-electron chi connectivity index (χ0n) is 24.5. The number of benzene rings is 2. The van der Waals surface area contributed by atoms with Crippen LogP contribution in [0.15, 0.2) is 42.5 Å². The fourth-order valence-electron chi connectivity index (χ4n) is 5.56. The summed E-state index contributed by atoms with van der Waals surface area (Å²) in [5, 5.41) is 3.05. The van der Waals surface area contributed by atoms with Gasteiger partial charge in [-0.05, 0) is 60.1 Å². The number of hydrogen-bond donors (Lipinski definition) is 2. The summed E-state index contributed by atoms with van der Waals surface area (Å²) in [6.07, 6.45) is 3.95. The Balaban J connectivity index is 0.00000103. The van der Waals surface area contributed by atoms with Crippen LogP contribution in [-0.2, 0) is 14.4 Å². The zero-order valence-corrected chi connectivity index (χ0v) is 24.5. The number of imide groups is 1. The molecule has 2 aliphatic rings. The highest BCUT2D eigenvalue weighted by Crippen LogP contribution is 2.43. The molecular formula is C31H42N4O5. The maximum absolute atomic E-state index is 13.8. The van der Waals surface area contributed by atoms with Crippen molar-refractivity contribution in [1.82, 2.24) is 4.90 Å². The maximum Gasteiger partial charge on any atom is 0.332 e. The van der Waals surface area contributed by atoms with E-state index in [9.17, 15) is 19.2 Å². The molecule has 1 spiro atoms. The first-order valence-electron chi connectivity index (χ1n) is 13.9. The summed E-state index contributed by atoms with van der Waals surface area (Å²) in [6, 6.07) is 12.8. The molecule has 40 heavy (non-hydrogen) atoms. The van der Waals surface area contributed by atoms with Crippen LogP contribution in [0.4, 0.5) is 16.2 Å². The van der Waals surface area contributed by atoms with Crippen molar-refractivity contribution in [3.05, 3.63) is 53.6 Å². The number of anilines is 2. The zero-order chi connectivity index (χ0) is 29.6. The van der Waals surface area contributed by atoms with E-state index in [1.807, 2.05) is 18.2 Å². The predicted molar refractivity (Wildman–Crippen MR) is 157 cm³/mol. The lowest BCUT2D eigenvalue weighted by Gasteiger charge is -2.38. The minimum Gasteiger partial charge on any atom is -0.497 e. The van der Waals surface area contributed by atoms with Crippen LogP contribution >= 0.6 is 0 Å². The van der Waals surface area contributed by atoms with E-state index in [4.69, 9.17) is 4.74 Å². The van der Waals surface area contributed by atoms with E-state index < -0.39 is 11.6 Å². The van der Waals surface area contributed by atoms with Crippen LogP contribution in [0.1, 0.15) is 89.7 Å². The van der Waals surface area contributed by atoms with Crippen molar-refractivity contribution < 1.29 is 23.9 Å². The first-order chi connectivity index (χ1) is 18.9. The number of urea groups is 1. The second-order valence-corrected chi connectivity index (χ2v) is 11.1. The van der Waals surface area contributed by atoms with E-state index in [2.05, 4.69) is 38.7 Å². The molecule has 5 amide bonds. The van der Waals surface area contributed by atoms with Crippen LogP contribution in [0.25, 0.3) is 0 Å². The highest BCUT2D eigenvalue weighted by molar-refractivity contribution is 6.18. The normalized spacial score (nSPS) is 16.3. The molecule has 1 aliphatic heterocycles. The topological polar surface area (TPSA) is 122 Å². The molecular weight excluding hydrogens is 508 g/mol. The Morgan fingerprint density at radius 2 is 1.48 bits per heavy atom. The summed E-state index contributed by atoms with van der Waals surface area (Å²) in [5.41, 5.74) is 7.04. The van der Waals surface area contributed by atoms with E-state index in [1.54, 1.807) is 36.3 Å². The van der Waals surface area contributed by atoms with E-state index in [0.29, 0.717) is 24.3 Å². The van der Waals surface area contributed by atoms with Gasteiger partial charge in [-0.2, -0.15) is 0 Å². The van der Waals surface area contributed by atoms with Crippen LogP contribution in [0.5, 0.6) is 5.75 Å². The number of carbonyl (C=O) groups excluding carboxylic acids is 4. The van der Waals surface area contributed by atoms with Crippen molar-refractivity contribution in [3.63, 3.8) is 0 Å². The first kappa shape index (κ1) is 30.7. The Hall–Kier alpha value is -3.88. The van der Waals surface area contributed by atoms with Crippen LogP contribution in [0, 0.1) is 0 Å². The molecule has 0 aromatic heterocycles. The Morgan fingerprint density at radius 1 is 0.950 bits per heavy atom. The molecule has 0 unspecified atom stereocenters. The fourth-order valence-corrected chi connectivity index (χ4v) is 5.56. The molecule has 2 aromatic carbocycles. The molecule has 0 bridgehead atoms. The van der Waals surface area contributed by atoms with E-state index in [-0.39, 0.29) is 36.1 Å². The standard InChI is InChI=1S/C29H37N3O4.C2H5NO/c1-19(2)23-10-9-11-24(20(3)4)26(23)30-25(33)18-31-27(34)29(16-7-6-8-17-29)32(28(31)35)21-12-14-22(36-5)15-13-21;1-2(3)4/h9-15,19-20H,6-8,16-18H2,1-5H3,(H,30,33);1H3,(H2,3,4). The molecule has 1 aliphatic carbocycles. The van der Waals surface area contributed by atoms with Crippen molar-refractivity contribution in [1.29, 1.82) is 0 Å². The van der Waals surface area contributed by atoms with Crippen molar-refractivity contribution in [3.8, 4) is 5.75 Å². The van der Waals surface area contributed by atoms with Crippen LogP contribution in [0.3, 0.4) is 0 Å². The number of methoxy groups -OCH3 is 1. The monoisotopic (exact) mass is 550 g/mol. The highest BCUT2D eigenvalue weighted by atomic mass is 16.5. The number of hydrogen-bond acceptors (Lipinski definition) is 5. The summed E-state index contributed by atoms with van der Waals surface area (Å²) in [4.78, 5) is 52.8. The third-order valence-electron chi connectivity index (χ3n) is 7.44. The van der Waals surface area contributed by atoms with Crippen molar-refractivity contribution in [2.75, 3.05) is 23.9 Å². The number of ether oxygens (including phenoxy) is 1. The van der Waals surface area contributed by atoms with Crippen molar-refractivity contribution in [2.45, 2.75) is 84.1 Å². The van der Waals surface area contributed by atoms with E-state index >= 15 is 0 Å². The first-order valence-corrected chi connectivity index (χ1v) is 13.9. The van der Waals surface area contributed by atoms with Crippen molar-refractivity contribution in [2.24, 2.45) is 5.73 Å².